The molecule has 0 unspecified atom stereocenters. The zero-order valence-electron chi connectivity index (χ0n) is 20.3. The van der Waals surface area contributed by atoms with Gasteiger partial charge in [-0.2, -0.15) is 0 Å². The highest BCUT2D eigenvalue weighted by Crippen LogP contribution is 2.37. The summed E-state index contributed by atoms with van der Waals surface area (Å²) in [4.78, 5) is 45.5. The number of likely N-dealkylation sites (N-methyl/N-ethyl adjacent to an activating group) is 1. The number of hydrogen-bond donors (Lipinski definition) is 2. The summed E-state index contributed by atoms with van der Waals surface area (Å²) in [6.07, 6.45) is 9.03. The molecule has 34 heavy (non-hydrogen) atoms. The first-order chi connectivity index (χ1) is 16.1. The van der Waals surface area contributed by atoms with E-state index in [9.17, 15) is 9.59 Å². The smallest absolute Gasteiger partial charge is 0.408 e. The van der Waals surface area contributed by atoms with Crippen LogP contribution in [0.4, 0.5) is 10.5 Å². The minimum atomic E-state index is -1.03. The van der Waals surface area contributed by atoms with Crippen LogP contribution in [0.5, 0.6) is 0 Å². The van der Waals surface area contributed by atoms with Crippen molar-refractivity contribution in [2.75, 3.05) is 32.1 Å². The van der Waals surface area contributed by atoms with E-state index in [1.54, 1.807) is 53.5 Å². The predicted molar refractivity (Wildman–Crippen MR) is 129 cm³/mol. The van der Waals surface area contributed by atoms with Gasteiger partial charge in [0.25, 0.3) is 0 Å². The molecule has 1 fully saturated rings. The summed E-state index contributed by atoms with van der Waals surface area (Å²) in [6, 6.07) is 1.98. The first-order valence-electron chi connectivity index (χ1n) is 11.3. The third-order valence-corrected chi connectivity index (χ3v) is 5.94. The van der Waals surface area contributed by atoms with Gasteiger partial charge in [0.05, 0.1) is 0 Å². The summed E-state index contributed by atoms with van der Waals surface area (Å²) in [5, 5.41) is 3.87. The van der Waals surface area contributed by atoms with Crippen molar-refractivity contribution in [1.82, 2.24) is 30.2 Å². The van der Waals surface area contributed by atoms with Gasteiger partial charge in [-0.25, -0.2) is 19.7 Å². The molecule has 2 amide bonds. The molecule has 4 heterocycles. The van der Waals surface area contributed by atoms with E-state index < -0.39 is 17.2 Å². The molecule has 0 saturated carbocycles. The zero-order valence-corrected chi connectivity index (χ0v) is 20.3. The number of piperidine rings is 1. The Kier molecular flexibility index (Phi) is 6.16. The van der Waals surface area contributed by atoms with Crippen molar-refractivity contribution in [2.24, 2.45) is 0 Å². The van der Waals surface area contributed by atoms with E-state index in [0.29, 0.717) is 25.9 Å². The van der Waals surface area contributed by atoms with E-state index in [-0.39, 0.29) is 5.91 Å². The lowest BCUT2D eigenvalue weighted by Gasteiger charge is -2.43. The van der Waals surface area contributed by atoms with Crippen LogP contribution >= 0.6 is 0 Å². The minimum absolute atomic E-state index is 0.137. The number of aromatic nitrogens is 4. The SMILES string of the molecule is CN(C)C(=O)C1(NC(=O)OC(C)(C)C)CCN(c2ccnc3[nH]cc(-c4cncnc4)c23)CC1. The summed E-state index contributed by atoms with van der Waals surface area (Å²) >= 11 is 0. The minimum Gasteiger partial charge on any atom is -0.444 e. The maximum Gasteiger partial charge on any atom is 0.408 e. The average molecular weight is 466 g/mol. The Hall–Kier alpha value is -3.69. The summed E-state index contributed by atoms with van der Waals surface area (Å²) in [5.41, 5.74) is 1.96. The van der Waals surface area contributed by atoms with Gasteiger partial charge in [-0.05, 0) is 39.7 Å². The largest absolute Gasteiger partial charge is 0.444 e. The summed E-state index contributed by atoms with van der Waals surface area (Å²) in [6.45, 7) is 6.55. The molecule has 3 aromatic rings. The number of alkyl carbamates (subject to hydrolysis) is 1. The third-order valence-electron chi connectivity index (χ3n) is 5.94. The van der Waals surface area contributed by atoms with Crippen LogP contribution in [0.3, 0.4) is 0 Å². The molecule has 0 radical (unpaired) electrons. The van der Waals surface area contributed by atoms with Gasteiger partial charge in [-0.15, -0.1) is 0 Å². The fourth-order valence-electron chi connectivity index (χ4n) is 4.42. The van der Waals surface area contributed by atoms with Gasteiger partial charge < -0.3 is 24.8 Å². The first kappa shape index (κ1) is 23.5. The number of hydrogen-bond acceptors (Lipinski definition) is 7. The quantitative estimate of drug-likeness (QED) is 0.608. The van der Waals surface area contributed by atoms with Crippen molar-refractivity contribution >= 4 is 28.7 Å². The lowest BCUT2D eigenvalue weighted by molar-refractivity contribution is -0.136. The Morgan fingerprint density at radius 3 is 2.47 bits per heavy atom. The summed E-state index contributed by atoms with van der Waals surface area (Å²) < 4.78 is 5.46. The number of H-pyrrole nitrogens is 1. The van der Waals surface area contributed by atoms with E-state index >= 15 is 0 Å². The van der Waals surface area contributed by atoms with Crippen LogP contribution in [-0.4, -0.2) is 75.2 Å². The highest BCUT2D eigenvalue weighted by atomic mass is 16.6. The highest BCUT2D eigenvalue weighted by molar-refractivity contribution is 6.02. The van der Waals surface area contributed by atoms with Crippen LogP contribution < -0.4 is 10.2 Å². The maximum absolute atomic E-state index is 13.2. The van der Waals surface area contributed by atoms with Crippen molar-refractivity contribution in [1.29, 1.82) is 0 Å². The Morgan fingerprint density at radius 2 is 1.85 bits per heavy atom. The van der Waals surface area contributed by atoms with E-state index in [1.165, 1.54) is 11.2 Å². The standard InChI is InChI=1S/C24H31N7O3/c1-23(2,3)34-22(33)29-24(21(32)30(4)5)7-10-31(11-8-24)18-6-9-27-20-19(18)17(14-28-20)16-12-25-15-26-13-16/h6,9,12-15H,7-8,10-11H2,1-5H3,(H,27,28)(H,29,33). The number of nitrogens with one attached hydrogen (secondary N) is 2. The molecule has 0 aromatic carbocycles. The summed E-state index contributed by atoms with van der Waals surface area (Å²) in [5.74, 6) is -0.137. The van der Waals surface area contributed by atoms with E-state index in [1.807, 2.05) is 12.3 Å². The van der Waals surface area contributed by atoms with Crippen LogP contribution in [-0.2, 0) is 9.53 Å². The number of rotatable bonds is 4. The lowest BCUT2D eigenvalue weighted by atomic mass is 9.85. The predicted octanol–water partition coefficient (Wildman–Crippen LogP) is 2.97. The van der Waals surface area contributed by atoms with Crippen molar-refractivity contribution in [3.05, 3.63) is 37.2 Å². The molecule has 10 nitrogen and oxygen atoms in total. The maximum atomic E-state index is 13.2. The Morgan fingerprint density at radius 1 is 1.18 bits per heavy atom. The van der Waals surface area contributed by atoms with Crippen molar-refractivity contribution < 1.29 is 14.3 Å². The molecule has 4 rings (SSSR count). The van der Waals surface area contributed by atoms with E-state index in [0.717, 1.165) is 27.8 Å². The topological polar surface area (TPSA) is 116 Å². The van der Waals surface area contributed by atoms with Crippen LogP contribution in [0.15, 0.2) is 37.2 Å². The number of nitrogens with zero attached hydrogens (tertiary/aromatic N) is 5. The first-order valence-corrected chi connectivity index (χ1v) is 11.3. The zero-order chi connectivity index (χ0) is 24.5. The number of amides is 2. The second kappa shape index (κ2) is 8.92. The van der Waals surface area contributed by atoms with Crippen molar-refractivity contribution in [2.45, 2.75) is 44.8 Å². The second-order valence-corrected chi connectivity index (χ2v) is 9.78. The molecule has 1 aliphatic heterocycles. The van der Waals surface area contributed by atoms with Gasteiger partial charge >= 0.3 is 6.09 Å². The van der Waals surface area contributed by atoms with E-state index in [4.69, 9.17) is 4.74 Å². The van der Waals surface area contributed by atoms with Crippen LogP contribution in [0.1, 0.15) is 33.6 Å². The fourth-order valence-corrected chi connectivity index (χ4v) is 4.42. The van der Waals surface area contributed by atoms with Crippen molar-refractivity contribution in [3.8, 4) is 11.1 Å². The molecule has 1 saturated heterocycles. The lowest BCUT2D eigenvalue weighted by Crippen LogP contribution is -2.63. The molecule has 0 atom stereocenters. The van der Waals surface area contributed by atoms with Gasteiger partial charge in [0.1, 0.15) is 23.1 Å². The van der Waals surface area contributed by atoms with E-state index in [2.05, 4.69) is 30.2 Å². The molecule has 0 aliphatic carbocycles. The molecule has 0 bridgehead atoms. The van der Waals surface area contributed by atoms with Gasteiger partial charge in [-0.1, -0.05) is 0 Å². The third kappa shape index (κ3) is 4.66. The Balaban J connectivity index is 1.62. The number of pyridine rings is 1. The molecule has 3 aromatic heterocycles. The summed E-state index contributed by atoms with van der Waals surface area (Å²) in [7, 11) is 3.40. The number of ether oxygens (including phenoxy) is 1. The Bertz CT molecular complexity index is 1180. The van der Waals surface area contributed by atoms with Crippen LogP contribution in [0.2, 0.25) is 0 Å². The number of aromatic amines is 1. The number of anilines is 1. The fraction of sp³-hybridized carbons (Fsp3) is 0.458. The molecule has 2 N–H and O–H groups in total. The average Bonchev–Trinajstić information content (AvgIpc) is 3.23. The highest BCUT2D eigenvalue weighted by Gasteiger charge is 2.44. The van der Waals surface area contributed by atoms with Gasteiger partial charge in [0.15, 0.2) is 0 Å². The monoisotopic (exact) mass is 465 g/mol. The van der Waals surface area contributed by atoms with Crippen molar-refractivity contribution in [3.63, 3.8) is 0 Å². The molecular formula is C24H31N7O3. The van der Waals surface area contributed by atoms with Gasteiger partial charge in [0, 0.05) is 74.2 Å². The second-order valence-electron chi connectivity index (χ2n) is 9.78. The Labute approximate surface area is 198 Å². The molecular weight excluding hydrogens is 434 g/mol. The molecule has 180 valence electrons. The molecule has 1 aliphatic rings. The van der Waals surface area contributed by atoms with Gasteiger partial charge in [-0.3, -0.25) is 4.79 Å². The molecule has 0 spiro atoms. The number of fused-ring (bicyclic) bond motifs is 1. The number of carbonyl (C=O) groups excluding carboxylic acids is 2. The van der Waals surface area contributed by atoms with Crippen LogP contribution in [0.25, 0.3) is 22.2 Å². The molecule has 10 heteroatoms. The van der Waals surface area contributed by atoms with Crippen LogP contribution in [0, 0.1) is 0 Å². The van der Waals surface area contributed by atoms with Gasteiger partial charge in [0.2, 0.25) is 5.91 Å². The number of carbonyl (C=O) groups is 2. The normalized spacial score (nSPS) is 15.7.